The van der Waals surface area contributed by atoms with Crippen molar-refractivity contribution in [2.24, 2.45) is 5.73 Å². The Morgan fingerprint density at radius 1 is 1.22 bits per heavy atom. The highest BCUT2D eigenvalue weighted by molar-refractivity contribution is 6.59. The van der Waals surface area contributed by atoms with E-state index in [1.165, 1.54) is 13.2 Å². The first-order valence-electron chi connectivity index (χ1n) is 8.42. The Morgan fingerprint density at radius 2 is 2.04 bits per heavy atom. The predicted molar refractivity (Wildman–Crippen MR) is 105 cm³/mol. The molecule has 1 unspecified atom stereocenters. The van der Waals surface area contributed by atoms with Gasteiger partial charge in [0.1, 0.15) is 5.75 Å². The highest BCUT2D eigenvalue weighted by Gasteiger charge is 2.23. The molecule has 8 heteroatoms. The molecule has 0 spiro atoms. The van der Waals surface area contributed by atoms with E-state index in [1.54, 1.807) is 30.6 Å². The minimum Gasteiger partial charge on any atom is -0.497 e. The van der Waals surface area contributed by atoms with Crippen molar-refractivity contribution in [2.75, 3.05) is 19.0 Å². The number of benzene rings is 2. The zero-order valence-corrected chi connectivity index (χ0v) is 14.8. The molecule has 1 amide bonds. The summed E-state index contributed by atoms with van der Waals surface area (Å²) >= 11 is 0. The van der Waals surface area contributed by atoms with Crippen LogP contribution >= 0.6 is 0 Å². The lowest BCUT2D eigenvalue weighted by Crippen LogP contribution is -2.32. The first-order chi connectivity index (χ1) is 13.0. The first-order valence-corrected chi connectivity index (χ1v) is 8.42. The van der Waals surface area contributed by atoms with Gasteiger partial charge in [0, 0.05) is 35.5 Å². The van der Waals surface area contributed by atoms with E-state index in [-0.39, 0.29) is 23.7 Å². The summed E-state index contributed by atoms with van der Waals surface area (Å²) in [7, 11) is -0.238. The van der Waals surface area contributed by atoms with Gasteiger partial charge < -0.3 is 25.8 Å². The van der Waals surface area contributed by atoms with Gasteiger partial charge in [-0.1, -0.05) is 18.2 Å². The molecule has 27 heavy (non-hydrogen) atoms. The SMILES string of the molecule is COc1cc(C(CN)C(=O)Nc2ccc3cnccc3c2)ccc1B(O)O. The molecule has 3 aromatic rings. The summed E-state index contributed by atoms with van der Waals surface area (Å²) in [5.74, 6) is -0.589. The van der Waals surface area contributed by atoms with Crippen LogP contribution in [0.2, 0.25) is 0 Å². The zero-order valence-electron chi connectivity index (χ0n) is 14.8. The number of rotatable bonds is 6. The van der Waals surface area contributed by atoms with Gasteiger partial charge in [-0.15, -0.1) is 0 Å². The van der Waals surface area contributed by atoms with Crippen LogP contribution in [-0.2, 0) is 4.79 Å². The Kier molecular flexibility index (Phi) is 5.70. The molecule has 0 bridgehead atoms. The molecule has 7 nitrogen and oxygen atoms in total. The second-order valence-electron chi connectivity index (χ2n) is 6.09. The number of hydrogen-bond acceptors (Lipinski definition) is 6. The average molecular weight is 365 g/mol. The third-order valence-corrected chi connectivity index (χ3v) is 4.40. The van der Waals surface area contributed by atoms with Crippen molar-refractivity contribution in [3.63, 3.8) is 0 Å². The van der Waals surface area contributed by atoms with Gasteiger partial charge in [-0.25, -0.2) is 0 Å². The minimum atomic E-state index is -1.66. The summed E-state index contributed by atoms with van der Waals surface area (Å²) in [5.41, 5.74) is 7.34. The van der Waals surface area contributed by atoms with Crippen molar-refractivity contribution in [2.45, 2.75) is 5.92 Å². The fourth-order valence-electron chi connectivity index (χ4n) is 2.94. The van der Waals surface area contributed by atoms with Crippen molar-refractivity contribution in [3.8, 4) is 5.75 Å². The van der Waals surface area contributed by atoms with Crippen molar-refractivity contribution < 1.29 is 19.6 Å². The van der Waals surface area contributed by atoms with Crippen LogP contribution in [0.3, 0.4) is 0 Å². The lowest BCUT2D eigenvalue weighted by molar-refractivity contribution is -0.117. The second-order valence-corrected chi connectivity index (χ2v) is 6.09. The number of nitrogens with zero attached hydrogens (tertiary/aromatic N) is 1. The zero-order chi connectivity index (χ0) is 19.4. The first kappa shape index (κ1) is 18.8. The lowest BCUT2D eigenvalue weighted by atomic mass is 9.78. The summed E-state index contributed by atoms with van der Waals surface area (Å²) in [6.07, 6.45) is 3.45. The number of pyridine rings is 1. The molecule has 0 aliphatic rings. The molecule has 2 aromatic carbocycles. The van der Waals surface area contributed by atoms with E-state index in [1.807, 2.05) is 18.2 Å². The number of methoxy groups -OCH3 is 1. The number of aromatic nitrogens is 1. The Labute approximate surface area is 156 Å². The predicted octanol–water partition coefficient (Wildman–Crippen LogP) is 0.604. The van der Waals surface area contributed by atoms with Crippen LogP contribution in [0, 0.1) is 0 Å². The van der Waals surface area contributed by atoms with Gasteiger partial charge in [0.15, 0.2) is 0 Å². The minimum absolute atomic E-state index is 0.0908. The van der Waals surface area contributed by atoms with Gasteiger partial charge in [0.05, 0.1) is 13.0 Å². The maximum atomic E-state index is 12.8. The van der Waals surface area contributed by atoms with Crippen LogP contribution in [0.15, 0.2) is 54.9 Å². The quantitative estimate of drug-likeness (QED) is 0.476. The monoisotopic (exact) mass is 365 g/mol. The number of anilines is 1. The summed E-state index contributed by atoms with van der Waals surface area (Å²) in [4.78, 5) is 16.8. The molecule has 0 saturated heterocycles. The second kappa shape index (κ2) is 8.17. The van der Waals surface area contributed by atoms with Gasteiger partial charge in [-0.2, -0.15) is 0 Å². The van der Waals surface area contributed by atoms with Crippen LogP contribution in [-0.4, -0.2) is 41.7 Å². The number of carbonyl (C=O) groups is 1. The van der Waals surface area contributed by atoms with E-state index in [0.29, 0.717) is 11.3 Å². The van der Waals surface area contributed by atoms with E-state index in [9.17, 15) is 14.8 Å². The summed E-state index contributed by atoms with van der Waals surface area (Å²) < 4.78 is 5.19. The van der Waals surface area contributed by atoms with E-state index < -0.39 is 13.0 Å². The summed E-state index contributed by atoms with van der Waals surface area (Å²) in [6, 6.07) is 12.2. The lowest BCUT2D eigenvalue weighted by Gasteiger charge is -2.18. The van der Waals surface area contributed by atoms with E-state index >= 15 is 0 Å². The number of nitrogens with one attached hydrogen (secondary N) is 1. The van der Waals surface area contributed by atoms with Crippen molar-refractivity contribution >= 4 is 34.9 Å². The van der Waals surface area contributed by atoms with Gasteiger partial charge in [-0.3, -0.25) is 9.78 Å². The average Bonchev–Trinajstić information content (AvgIpc) is 2.68. The molecule has 1 atom stereocenters. The van der Waals surface area contributed by atoms with Crippen molar-refractivity contribution in [1.29, 1.82) is 0 Å². The van der Waals surface area contributed by atoms with Crippen LogP contribution < -0.4 is 21.3 Å². The molecular formula is C19H20BN3O4. The summed E-state index contributed by atoms with van der Waals surface area (Å²) in [6.45, 7) is 0.0908. The van der Waals surface area contributed by atoms with E-state index in [0.717, 1.165) is 10.8 Å². The highest BCUT2D eigenvalue weighted by Crippen LogP contribution is 2.23. The number of amides is 1. The van der Waals surface area contributed by atoms with Crippen LogP contribution in [0.5, 0.6) is 5.75 Å². The van der Waals surface area contributed by atoms with Gasteiger partial charge >= 0.3 is 7.12 Å². The van der Waals surface area contributed by atoms with Crippen LogP contribution in [0.4, 0.5) is 5.69 Å². The van der Waals surface area contributed by atoms with Gasteiger partial charge in [0.2, 0.25) is 5.91 Å². The number of hydrogen-bond donors (Lipinski definition) is 4. The van der Waals surface area contributed by atoms with Crippen molar-refractivity contribution in [3.05, 3.63) is 60.4 Å². The molecule has 0 saturated carbocycles. The molecule has 0 fully saturated rings. The third kappa shape index (κ3) is 4.08. The molecule has 1 heterocycles. The molecule has 0 radical (unpaired) electrons. The fourth-order valence-corrected chi connectivity index (χ4v) is 2.94. The molecule has 1 aromatic heterocycles. The summed E-state index contributed by atoms with van der Waals surface area (Å²) in [5, 5.41) is 23.6. The molecule has 5 N–H and O–H groups in total. The Morgan fingerprint density at radius 3 is 2.74 bits per heavy atom. The molecule has 0 aliphatic heterocycles. The van der Waals surface area contributed by atoms with Crippen molar-refractivity contribution in [1.82, 2.24) is 4.98 Å². The highest BCUT2D eigenvalue weighted by atomic mass is 16.5. The molecule has 138 valence electrons. The van der Waals surface area contributed by atoms with E-state index in [2.05, 4.69) is 10.3 Å². The number of nitrogens with two attached hydrogens (primary N) is 1. The third-order valence-electron chi connectivity index (χ3n) is 4.40. The molecule has 3 rings (SSSR count). The molecular weight excluding hydrogens is 345 g/mol. The number of ether oxygens (including phenoxy) is 1. The molecule has 0 aliphatic carbocycles. The maximum Gasteiger partial charge on any atom is 0.492 e. The Bertz CT molecular complexity index is 965. The largest absolute Gasteiger partial charge is 0.497 e. The fraction of sp³-hybridized carbons (Fsp3) is 0.158. The van der Waals surface area contributed by atoms with E-state index in [4.69, 9.17) is 10.5 Å². The normalized spacial score (nSPS) is 11.9. The van der Waals surface area contributed by atoms with Crippen LogP contribution in [0.25, 0.3) is 10.8 Å². The standard InChI is InChI=1S/C19H20BN3O4/c1-27-18-9-13(3-5-17(18)20(25)26)16(10-21)19(24)23-15-4-2-14-11-22-7-6-12(14)8-15/h2-9,11,16,25-26H,10,21H2,1H3,(H,23,24). The Hall–Kier alpha value is -2.94. The van der Waals surface area contributed by atoms with Gasteiger partial charge in [-0.05, 0) is 35.2 Å². The van der Waals surface area contributed by atoms with Gasteiger partial charge in [0.25, 0.3) is 0 Å². The smallest absolute Gasteiger partial charge is 0.492 e. The number of carbonyl (C=O) groups excluding carboxylic acids is 1. The van der Waals surface area contributed by atoms with Crippen LogP contribution in [0.1, 0.15) is 11.5 Å². The maximum absolute atomic E-state index is 12.8. The number of fused-ring (bicyclic) bond motifs is 1. The Balaban J connectivity index is 1.85. The topological polar surface area (TPSA) is 118 Å².